The van der Waals surface area contributed by atoms with E-state index in [1.54, 1.807) is 23.9 Å². The monoisotopic (exact) mass is 1370 g/mol. The fourth-order valence-corrected chi connectivity index (χ4v) is 14.8. The van der Waals surface area contributed by atoms with Crippen molar-refractivity contribution >= 4 is 41.1 Å². The molecule has 11 rings (SSSR count). The number of carbonyl (C=O) groups is 5. The summed E-state index contributed by atoms with van der Waals surface area (Å²) >= 11 is 0. The van der Waals surface area contributed by atoms with Crippen LogP contribution in [-0.4, -0.2) is 184 Å². The van der Waals surface area contributed by atoms with Crippen molar-refractivity contribution in [2.24, 2.45) is 5.92 Å². The van der Waals surface area contributed by atoms with Crippen LogP contribution in [0.5, 0.6) is 0 Å². The molecule has 99 heavy (non-hydrogen) atoms. The number of amides is 5. The van der Waals surface area contributed by atoms with Gasteiger partial charge in [-0.05, 0) is 166 Å². The number of para-hydroxylation sites is 1. The lowest BCUT2D eigenvalue weighted by Crippen LogP contribution is -2.50. The molecule has 4 aliphatic heterocycles. The molecule has 23 heteroatoms. The molecule has 1 spiro atoms. The zero-order chi connectivity index (χ0) is 70.1. The summed E-state index contributed by atoms with van der Waals surface area (Å²) in [5.74, 6) is -1.32. The first-order chi connectivity index (χ1) is 47.4. The Kier molecular flexibility index (Phi) is 22.8. The van der Waals surface area contributed by atoms with E-state index in [-0.39, 0.29) is 55.6 Å². The van der Waals surface area contributed by atoms with Crippen molar-refractivity contribution in [1.29, 1.82) is 0 Å². The second-order valence-electron chi connectivity index (χ2n) is 27.2. The summed E-state index contributed by atoms with van der Waals surface area (Å²) < 4.78 is 116. The molecule has 0 bridgehead atoms. The molecule has 4 saturated heterocycles. The van der Waals surface area contributed by atoms with Gasteiger partial charge in [-0.2, -0.15) is 26.3 Å². The Morgan fingerprint density at radius 2 is 1.27 bits per heavy atom. The lowest BCUT2D eigenvalue weighted by Gasteiger charge is -2.44. The Morgan fingerprint density at radius 3 is 1.96 bits per heavy atom. The summed E-state index contributed by atoms with van der Waals surface area (Å²) in [4.78, 5) is 80.4. The third-order valence-corrected chi connectivity index (χ3v) is 20.9. The van der Waals surface area contributed by atoms with Crippen LogP contribution < -0.4 is 10.2 Å². The van der Waals surface area contributed by atoms with Crippen molar-refractivity contribution in [3.8, 4) is 11.1 Å². The molecule has 1 aliphatic carbocycles. The quantitative estimate of drug-likeness (QED) is 0.0611. The molecule has 528 valence electrons. The van der Waals surface area contributed by atoms with Gasteiger partial charge in [0.2, 0.25) is 11.8 Å². The lowest BCUT2D eigenvalue weighted by molar-refractivity contribution is -0.143. The van der Waals surface area contributed by atoms with Crippen molar-refractivity contribution in [1.82, 2.24) is 29.4 Å². The number of ether oxygens (including phenoxy) is 3. The molecule has 5 amide bonds. The van der Waals surface area contributed by atoms with E-state index in [0.717, 1.165) is 92.1 Å². The number of hydrogen-bond donors (Lipinski definition) is 1. The van der Waals surface area contributed by atoms with Gasteiger partial charge in [0.15, 0.2) is 0 Å². The smallest absolute Gasteiger partial charge is 0.416 e. The number of alkyl halides is 6. The summed E-state index contributed by atoms with van der Waals surface area (Å²) in [6.07, 6.45) is -3.71. The zero-order valence-corrected chi connectivity index (χ0v) is 56.3. The Bertz CT molecular complexity index is 3730. The fourth-order valence-electron chi connectivity index (χ4n) is 14.8. The van der Waals surface area contributed by atoms with Crippen LogP contribution in [0.2, 0.25) is 0 Å². The average Bonchev–Trinajstić information content (AvgIpc) is 1.60. The van der Waals surface area contributed by atoms with Crippen LogP contribution in [0.4, 0.5) is 46.9 Å². The van der Waals surface area contributed by atoms with Gasteiger partial charge in [0.25, 0.3) is 11.8 Å². The van der Waals surface area contributed by atoms with E-state index in [1.807, 2.05) is 103 Å². The number of nitrogens with zero attached hydrogens (tertiary/aromatic N) is 7. The van der Waals surface area contributed by atoms with Gasteiger partial charge in [0, 0.05) is 114 Å². The third-order valence-electron chi connectivity index (χ3n) is 20.9. The minimum absolute atomic E-state index is 0.0267. The SMILES string of the molecule is CN(CCN1CCC(OC(=O)Nc2ccccc2-c2ccccc2)CC1)C(=O)CCC1CCN(c2ccc(C(=O)N(C)CCCN(C)C(=O)CO[C@H]3Cc4ccccc4C34CCN(CC[C@]3(c5ccc(F)cc5)CN(C(=O)c5cc(C(F)(F)F)cc(C(F)(F)F)c5)CO3)CC4)cc2)CC1. The molecule has 6 aromatic carbocycles. The first-order valence-electron chi connectivity index (χ1n) is 34.3. The van der Waals surface area contributed by atoms with E-state index in [9.17, 15) is 54.7 Å². The average molecular weight is 1370 g/mol. The maximum absolute atomic E-state index is 14.3. The van der Waals surface area contributed by atoms with E-state index in [0.29, 0.717) is 106 Å². The Balaban J connectivity index is 0.577. The van der Waals surface area contributed by atoms with Gasteiger partial charge in [-0.3, -0.25) is 24.5 Å². The Morgan fingerprint density at radius 1 is 0.646 bits per heavy atom. The number of halogens is 7. The van der Waals surface area contributed by atoms with E-state index in [2.05, 4.69) is 32.1 Å². The molecule has 16 nitrogen and oxygen atoms in total. The lowest BCUT2D eigenvalue weighted by atomic mass is 9.72. The third kappa shape index (κ3) is 17.6. The molecule has 6 aromatic rings. The van der Waals surface area contributed by atoms with Gasteiger partial charge >= 0.3 is 18.4 Å². The molecule has 0 radical (unpaired) electrons. The molecular formula is C76H87F7N8O8. The van der Waals surface area contributed by atoms with Crippen molar-refractivity contribution < 1.29 is 68.9 Å². The predicted octanol–water partition coefficient (Wildman–Crippen LogP) is 13.0. The number of nitrogens with one attached hydrogen (secondary N) is 1. The van der Waals surface area contributed by atoms with Crippen LogP contribution in [0.25, 0.3) is 11.1 Å². The second-order valence-corrected chi connectivity index (χ2v) is 27.2. The maximum atomic E-state index is 14.3. The predicted molar refractivity (Wildman–Crippen MR) is 362 cm³/mol. The maximum Gasteiger partial charge on any atom is 0.416 e. The van der Waals surface area contributed by atoms with Crippen molar-refractivity contribution in [2.75, 3.05) is 123 Å². The molecular weight excluding hydrogens is 1290 g/mol. The Hall–Kier alpha value is -8.38. The number of rotatable bonds is 23. The summed E-state index contributed by atoms with van der Waals surface area (Å²) in [6, 6.07) is 39.7. The van der Waals surface area contributed by atoms with E-state index in [1.165, 1.54) is 29.8 Å². The van der Waals surface area contributed by atoms with Gasteiger partial charge in [0.1, 0.15) is 30.9 Å². The first-order valence-corrected chi connectivity index (χ1v) is 34.3. The number of hydrogen-bond acceptors (Lipinski definition) is 11. The first kappa shape index (κ1) is 71.9. The standard InChI is InChI=1S/C76H87F7N8O8/c1-85(35-11-36-87(3)70(94)55-19-25-62(26-20-55)90-39-28-53(29-40-90)18-27-68(92)86(2)44-45-88-37-30-63(31-38-88)99-72(96)84-66-17-10-8-15-64(66)54-12-5-4-6-13-54)69(93)50-97-67-48-56-14-7-9-16-65(56)73(67)32-41-89(42-33-73)43-34-74(58-21-23-61(77)24-22-58)51-91(52-98-74)71(95)57-46-59(75(78,79)80)49-60(47-57)76(81,82)83/h4-10,12-17,19-26,46-47,49,53,63,67H,11,18,27-45,48,50-52H2,1-3H3,(H,84,96)/t67-,74+/m0/s1. The highest BCUT2D eigenvalue weighted by Crippen LogP contribution is 2.49. The number of fused-ring (bicyclic) bond motifs is 2. The topological polar surface area (TPSA) is 148 Å². The van der Waals surface area contributed by atoms with Gasteiger partial charge < -0.3 is 48.5 Å². The van der Waals surface area contributed by atoms with Gasteiger partial charge in [-0.15, -0.1) is 0 Å². The van der Waals surface area contributed by atoms with Crippen LogP contribution in [0.3, 0.4) is 0 Å². The highest BCUT2D eigenvalue weighted by molar-refractivity contribution is 5.95. The number of carbonyl (C=O) groups excluding carboxylic acids is 5. The fraction of sp³-hybridized carbons (Fsp3) is 0.461. The number of likely N-dealkylation sites (tertiary alicyclic amines) is 2. The summed E-state index contributed by atoms with van der Waals surface area (Å²) in [5, 5.41) is 2.94. The largest absolute Gasteiger partial charge is 0.446 e. The number of anilines is 2. The molecule has 2 atom stereocenters. The van der Waals surface area contributed by atoms with Crippen LogP contribution in [0, 0.1) is 11.7 Å². The summed E-state index contributed by atoms with van der Waals surface area (Å²) in [5.41, 5.74) is 1.40. The minimum atomic E-state index is -5.15. The van der Waals surface area contributed by atoms with E-state index < -0.39 is 64.6 Å². The second kappa shape index (κ2) is 31.4. The Labute approximate surface area is 573 Å². The minimum Gasteiger partial charge on any atom is -0.446 e. The number of piperidine rings is 3. The molecule has 4 heterocycles. The molecule has 4 fully saturated rings. The van der Waals surface area contributed by atoms with Crippen LogP contribution >= 0.6 is 0 Å². The molecule has 5 aliphatic rings. The van der Waals surface area contributed by atoms with Gasteiger partial charge in [-0.25, -0.2) is 9.18 Å². The molecule has 0 unspecified atom stereocenters. The van der Waals surface area contributed by atoms with Crippen LogP contribution in [0.15, 0.2) is 146 Å². The van der Waals surface area contributed by atoms with E-state index in [4.69, 9.17) is 14.2 Å². The van der Waals surface area contributed by atoms with Crippen LogP contribution in [0.1, 0.15) is 113 Å². The summed E-state index contributed by atoms with van der Waals surface area (Å²) in [7, 11) is 5.36. The van der Waals surface area contributed by atoms with Crippen LogP contribution in [-0.2, 0) is 53.6 Å². The molecule has 0 saturated carbocycles. The number of benzene rings is 6. The number of likely N-dealkylation sites (N-methyl/N-ethyl adjacent to an activating group) is 2. The highest BCUT2D eigenvalue weighted by atomic mass is 19.4. The van der Waals surface area contributed by atoms with Crippen molar-refractivity contribution in [2.45, 2.75) is 106 Å². The van der Waals surface area contributed by atoms with Crippen molar-refractivity contribution in [3.05, 3.63) is 190 Å². The van der Waals surface area contributed by atoms with E-state index >= 15 is 0 Å². The molecule has 0 aromatic heterocycles. The summed E-state index contributed by atoms with van der Waals surface area (Å²) in [6.45, 7) is 6.38. The zero-order valence-electron chi connectivity index (χ0n) is 56.3. The van der Waals surface area contributed by atoms with Gasteiger partial charge in [0.05, 0.1) is 29.5 Å². The highest BCUT2D eigenvalue weighted by Gasteiger charge is 2.50. The van der Waals surface area contributed by atoms with Crippen molar-refractivity contribution in [3.63, 3.8) is 0 Å². The molecule has 1 N–H and O–H groups in total. The van der Waals surface area contributed by atoms with Gasteiger partial charge in [-0.1, -0.05) is 84.9 Å². The normalized spacial score (nSPS) is 19.2.